The van der Waals surface area contributed by atoms with E-state index in [-0.39, 0.29) is 0 Å². The Labute approximate surface area is 114 Å². The highest BCUT2D eigenvalue weighted by molar-refractivity contribution is 9.10. The first-order valence-electron chi connectivity index (χ1n) is 6.08. The third-order valence-electron chi connectivity index (χ3n) is 3.40. The van der Waals surface area contributed by atoms with E-state index in [4.69, 9.17) is 0 Å². The van der Waals surface area contributed by atoms with Crippen molar-refractivity contribution in [3.63, 3.8) is 0 Å². The van der Waals surface area contributed by atoms with Crippen molar-refractivity contribution in [2.45, 2.75) is 18.8 Å². The van der Waals surface area contributed by atoms with Crippen LogP contribution < -0.4 is 5.32 Å². The van der Waals surface area contributed by atoms with Crippen LogP contribution in [0.3, 0.4) is 0 Å². The lowest BCUT2D eigenvalue weighted by molar-refractivity contribution is 0.445. The van der Waals surface area contributed by atoms with Gasteiger partial charge in [0.15, 0.2) is 5.69 Å². The molecule has 1 N–H and O–H groups in total. The zero-order valence-corrected chi connectivity index (χ0v) is 11.4. The number of pyridine rings is 1. The molecule has 0 radical (unpaired) electrons. The zero-order valence-electron chi connectivity index (χ0n) is 9.86. The first-order chi connectivity index (χ1) is 8.79. The summed E-state index contributed by atoms with van der Waals surface area (Å²) < 4.78 is 3.01. The second-order valence-corrected chi connectivity index (χ2v) is 5.49. The fourth-order valence-electron chi connectivity index (χ4n) is 2.52. The number of nitrogens with zero attached hydrogens (tertiary/aromatic N) is 3. The highest BCUT2D eigenvalue weighted by atomic mass is 79.9. The van der Waals surface area contributed by atoms with Gasteiger partial charge in [0.2, 0.25) is 0 Å². The van der Waals surface area contributed by atoms with Crippen molar-refractivity contribution < 1.29 is 0 Å². The Morgan fingerprint density at radius 1 is 1.56 bits per heavy atom. The van der Waals surface area contributed by atoms with Crippen molar-refractivity contribution in [1.82, 2.24) is 14.7 Å². The average molecular weight is 305 g/mol. The molecule has 0 saturated carbocycles. The smallest absolute Gasteiger partial charge is 0.166 e. The van der Waals surface area contributed by atoms with Crippen molar-refractivity contribution in [2.24, 2.45) is 0 Å². The standard InChI is InChI=1S/C13H13BrN4/c14-10-3-5-18-12(6-10)11(7-15)17-13(18)9-2-1-4-16-8-9/h3,5-6,9,16H,1-2,4,8H2. The van der Waals surface area contributed by atoms with E-state index in [1.54, 1.807) is 0 Å². The molecule has 0 spiro atoms. The van der Waals surface area contributed by atoms with Crippen molar-refractivity contribution in [2.75, 3.05) is 13.1 Å². The maximum atomic E-state index is 9.18. The third-order valence-corrected chi connectivity index (χ3v) is 3.89. The topological polar surface area (TPSA) is 53.1 Å². The Bertz CT molecular complexity index is 620. The molecule has 3 rings (SSSR count). The highest BCUT2D eigenvalue weighted by Crippen LogP contribution is 2.26. The molecule has 1 saturated heterocycles. The van der Waals surface area contributed by atoms with Crippen LogP contribution in [0.25, 0.3) is 5.52 Å². The van der Waals surface area contributed by atoms with Gasteiger partial charge in [0.05, 0.1) is 5.52 Å². The molecule has 2 aromatic rings. The largest absolute Gasteiger partial charge is 0.316 e. The molecule has 18 heavy (non-hydrogen) atoms. The Kier molecular flexibility index (Phi) is 3.06. The van der Waals surface area contributed by atoms with Crippen molar-refractivity contribution >= 4 is 21.4 Å². The number of rotatable bonds is 1. The summed E-state index contributed by atoms with van der Waals surface area (Å²) in [6.45, 7) is 2.02. The molecule has 1 aliphatic heterocycles. The Hall–Kier alpha value is -1.38. The molecule has 4 nitrogen and oxygen atoms in total. The number of halogens is 1. The number of nitriles is 1. The summed E-state index contributed by atoms with van der Waals surface area (Å²) in [6, 6.07) is 6.11. The van der Waals surface area contributed by atoms with Gasteiger partial charge in [0, 0.05) is 23.1 Å². The summed E-state index contributed by atoms with van der Waals surface area (Å²) in [5.74, 6) is 1.40. The van der Waals surface area contributed by atoms with Gasteiger partial charge in [-0.25, -0.2) is 4.98 Å². The lowest BCUT2D eigenvalue weighted by Crippen LogP contribution is -2.29. The van der Waals surface area contributed by atoms with Crippen LogP contribution in [0.15, 0.2) is 22.8 Å². The summed E-state index contributed by atoms with van der Waals surface area (Å²) in [5, 5.41) is 12.6. The van der Waals surface area contributed by atoms with E-state index in [0.717, 1.165) is 41.7 Å². The van der Waals surface area contributed by atoms with Gasteiger partial charge in [-0.3, -0.25) is 0 Å². The molecule has 92 valence electrons. The third kappa shape index (κ3) is 1.92. The van der Waals surface area contributed by atoms with Gasteiger partial charge in [-0.05, 0) is 31.5 Å². The minimum absolute atomic E-state index is 0.398. The number of nitrogens with one attached hydrogen (secondary N) is 1. The van der Waals surface area contributed by atoms with Crippen LogP contribution in [0.1, 0.15) is 30.3 Å². The number of hydrogen-bond acceptors (Lipinski definition) is 3. The SMILES string of the molecule is N#Cc1nc(C2CCCNC2)n2ccc(Br)cc12. The van der Waals surface area contributed by atoms with E-state index in [0.29, 0.717) is 11.6 Å². The summed E-state index contributed by atoms with van der Waals surface area (Å²) >= 11 is 3.44. The first kappa shape index (κ1) is 11.7. The van der Waals surface area contributed by atoms with Crippen LogP contribution in [-0.2, 0) is 0 Å². The quantitative estimate of drug-likeness (QED) is 0.880. The minimum Gasteiger partial charge on any atom is -0.316 e. The van der Waals surface area contributed by atoms with E-state index in [1.807, 2.05) is 22.7 Å². The lowest BCUT2D eigenvalue weighted by Gasteiger charge is -2.21. The van der Waals surface area contributed by atoms with Crippen LogP contribution in [0.5, 0.6) is 0 Å². The van der Waals surface area contributed by atoms with Gasteiger partial charge in [0.25, 0.3) is 0 Å². The molecule has 2 aromatic heterocycles. The van der Waals surface area contributed by atoms with E-state index in [1.165, 1.54) is 0 Å². The van der Waals surface area contributed by atoms with Crippen molar-refractivity contribution in [3.8, 4) is 6.07 Å². The minimum atomic E-state index is 0.398. The van der Waals surface area contributed by atoms with Crippen LogP contribution >= 0.6 is 15.9 Å². The summed E-state index contributed by atoms with van der Waals surface area (Å²) in [4.78, 5) is 4.51. The normalized spacial score (nSPS) is 19.9. The van der Waals surface area contributed by atoms with Gasteiger partial charge in [-0.2, -0.15) is 5.26 Å². The molecular formula is C13H13BrN4. The molecule has 1 aliphatic rings. The summed E-state index contributed by atoms with van der Waals surface area (Å²) in [7, 11) is 0. The van der Waals surface area contributed by atoms with Crippen LogP contribution in [0.4, 0.5) is 0 Å². The predicted molar refractivity (Wildman–Crippen MR) is 72.5 cm³/mol. The molecular weight excluding hydrogens is 292 g/mol. The fraction of sp³-hybridized carbons (Fsp3) is 0.385. The van der Waals surface area contributed by atoms with Crippen LogP contribution in [0.2, 0.25) is 0 Å². The molecule has 3 heterocycles. The molecule has 1 atom stereocenters. The molecule has 5 heteroatoms. The monoisotopic (exact) mass is 304 g/mol. The van der Waals surface area contributed by atoms with Gasteiger partial charge < -0.3 is 9.72 Å². The van der Waals surface area contributed by atoms with E-state index >= 15 is 0 Å². The highest BCUT2D eigenvalue weighted by Gasteiger charge is 2.21. The lowest BCUT2D eigenvalue weighted by atomic mass is 9.99. The number of aromatic nitrogens is 2. The second-order valence-electron chi connectivity index (χ2n) is 4.57. The zero-order chi connectivity index (χ0) is 12.5. The first-order valence-corrected chi connectivity index (χ1v) is 6.87. The van der Waals surface area contributed by atoms with Gasteiger partial charge in [0.1, 0.15) is 11.9 Å². The molecule has 0 bridgehead atoms. The second kappa shape index (κ2) is 4.71. The maximum absolute atomic E-state index is 9.18. The molecule has 0 aromatic carbocycles. The molecule has 1 fully saturated rings. The number of fused-ring (bicyclic) bond motifs is 1. The number of piperidine rings is 1. The Balaban J connectivity index is 2.14. The summed E-state index contributed by atoms with van der Waals surface area (Å²) in [5.41, 5.74) is 1.39. The summed E-state index contributed by atoms with van der Waals surface area (Å²) in [6.07, 6.45) is 4.28. The van der Waals surface area contributed by atoms with Gasteiger partial charge in [-0.15, -0.1) is 0 Å². The fourth-order valence-corrected chi connectivity index (χ4v) is 2.86. The molecule has 1 unspecified atom stereocenters. The average Bonchev–Trinajstić information content (AvgIpc) is 2.77. The van der Waals surface area contributed by atoms with Crippen molar-refractivity contribution in [1.29, 1.82) is 5.26 Å². The van der Waals surface area contributed by atoms with E-state index in [9.17, 15) is 5.26 Å². The van der Waals surface area contributed by atoms with Crippen molar-refractivity contribution in [3.05, 3.63) is 34.3 Å². The van der Waals surface area contributed by atoms with E-state index in [2.05, 4.69) is 32.3 Å². The van der Waals surface area contributed by atoms with Crippen LogP contribution in [0, 0.1) is 11.3 Å². The number of imidazole rings is 1. The van der Waals surface area contributed by atoms with Gasteiger partial charge >= 0.3 is 0 Å². The molecule has 0 amide bonds. The number of hydrogen-bond donors (Lipinski definition) is 1. The Morgan fingerprint density at radius 2 is 2.44 bits per heavy atom. The predicted octanol–water partition coefficient (Wildman–Crippen LogP) is 2.44. The van der Waals surface area contributed by atoms with Crippen LogP contribution in [-0.4, -0.2) is 22.5 Å². The molecule has 0 aliphatic carbocycles. The maximum Gasteiger partial charge on any atom is 0.166 e. The van der Waals surface area contributed by atoms with E-state index < -0.39 is 0 Å². The Morgan fingerprint density at radius 3 is 3.17 bits per heavy atom. The van der Waals surface area contributed by atoms with Gasteiger partial charge in [-0.1, -0.05) is 15.9 Å².